The molecule has 1 aromatic carbocycles. The van der Waals surface area contributed by atoms with Gasteiger partial charge in [0.1, 0.15) is 11.6 Å². The number of carbonyl (C=O) groups is 2. The van der Waals surface area contributed by atoms with E-state index in [1.54, 1.807) is 6.92 Å². The Kier molecular flexibility index (Phi) is 6.12. The minimum Gasteiger partial charge on any atom is -0.436 e. The maximum Gasteiger partial charge on any atom is 0.408 e. The number of carbonyl (C=O) groups excluding carboxylic acids is 2. The second kappa shape index (κ2) is 8.49. The zero-order valence-electron chi connectivity index (χ0n) is 13.6. The first-order chi connectivity index (χ1) is 12.0. The molecule has 0 fully saturated rings. The Morgan fingerprint density at radius 2 is 2.12 bits per heavy atom. The van der Waals surface area contributed by atoms with Crippen molar-refractivity contribution >= 4 is 28.7 Å². The number of pyridine rings is 1. The van der Waals surface area contributed by atoms with Gasteiger partial charge in [0.15, 0.2) is 6.61 Å². The molecule has 0 atom stereocenters. The number of alkyl carbamates (subject to hydrolysis) is 1. The van der Waals surface area contributed by atoms with Crippen molar-refractivity contribution < 1.29 is 18.7 Å². The molecule has 3 N–H and O–H groups in total. The maximum atomic E-state index is 14.1. The summed E-state index contributed by atoms with van der Waals surface area (Å²) in [6, 6.07) is 3.82. The fourth-order valence-corrected chi connectivity index (χ4v) is 2.13. The number of amides is 3. The van der Waals surface area contributed by atoms with Crippen LogP contribution in [0.4, 0.5) is 19.8 Å². The van der Waals surface area contributed by atoms with E-state index in [1.807, 2.05) is 0 Å². The Labute approximate surface area is 144 Å². The van der Waals surface area contributed by atoms with Crippen LogP contribution >= 0.6 is 0 Å². The van der Waals surface area contributed by atoms with Gasteiger partial charge in [-0.1, -0.05) is 12.0 Å². The predicted molar refractivity (Wildman–Crippen MR) is 91.4 cm³/mol. The first-order valence-electron chi connectivity index (χ1n) is 7.51. The van der Waals surface area contributed by atoms with Gasteiger partial charge in [0.05, 0.1) is 0 Å². The Balaban J connectivity index is 2.20. The van der Waals surface area contributed by atoms with Crippen LogP contribution in [-0.4, -0.2) is 30.3 Å². The lowest BCUT2D eigenvalue weighted by atomic mass is 10.1. The van der Waals surface area contributed by atoms with E-state index in [0.29, 0.717) is 17.5 Å². The van der Waals surface area contributed by atoms with Crippen molar-refractivity contribution in [3.05, 3.63) is 35.8 Å². The molecule has 130 valence electrons. The van der Waals surface area contributed by atoms with E-state index >= 15 is 0 Å². The quantitative estimate of drug-likeness (QED) is 0.726. The van der Waals surface area contributed by atoms with E-state index in [2.05, 4.69) is 26.9 Å². The van der Waals surface area contributed by atoms with Gasteiger partial charge in [0, 0.05) is 30.1 Å². The first kappa shape index (κ1) is 18.0. The Hall–Kier alpha value is -3.34. The third kappa shape index (κ3) is 4.81. The molecular formula is C17H17FN4O3. The number of ether oxygens (including phenoxy) is 1. The number of nitrogens with zero attached hydrogens (tertiary/aromatic N) is 1. The molecule has 1 heterocycles. The number of rotatable bonds is 5. The molecule has 2 aromatic rings. The van der Waals surface area contributed by atoms with Crippen LogP contribution < -0.4 is 16.0 Å². The highest BCUT2D eigenvalue weighted by atomic mass is 19.1. The highest BCUT2D eigenvalue weighted by Gasteiger charge is 2.10. The second-order valence-electron chi connectivity index (χ2n) is 4.94. The van der Waals surface area contributed by atoms with Crippen LogP contribution in [0.15, 0.2) is 24.4 Å². The average Bonchev–Trinajstić information content (AvgIpc) is 2.60. The Morgan fingerprint density at radius 1 is 1.32 bits per heavy atom. The minimum atomic E-state index is -0.669. The van der Waals surface area contributed by atoms with Crippen molar-refractivity contribution in [2.24, 2.45) is 0 Å². The van der Waals surface area contributed by atoms with Gasteiger partial charge in [-0.25, -0.2) is 19.0 Å². The van der Waals surface area contributed by atoms with E-state index in [9.17, 15) is 14.0 Å². The van der Waals surface area contributed by atoms with Crippen molar-refractivity contribution in [1.82, 2.24) is 15.6 Å². The van der Waals surface area contributed by atoms with E-state index in [0.717, 1.165) is 0 Å². The maximum absolute atomic E-state index is 14.1. The Bertz CT molecular complexity index is 832. The van der Waals surface area contributed by atoms with E-state index in [-0.39, 0.29) is 24.4 Å². The molecule has 0 aliphatic rings. The number of fused-ring (bicyclic) bond motifs is 1. The number of anilines is 1. The highest BCUT2D eigenvalue weighted by molar-refractivity contribution is 5.93. The van der Waals surface area contributed by atoms with Gasteiger partial charge in [-0.3, -0.25) is 5.32 Å². The third-order valence-corrected chi connectivity index (χ3v) is 3.23. The molecule has 8 heteroatoms. The van der Waals surface area contributed by atoms with Gasteiger partial charge < -0.3 is 15.4 Å². The van der Waals surface area contributed by atoms with E-state index in [1.165, 1.54) is 24.4 Å². The number of terminal acetylenes is 1. The number of halogens is 1. The van der Waals surface area contributed by atoms with E-state index in [4.69, 9.17) is 11.2 Å². The van der Waals surface area contributed by atoms with Crippen molar-refractivity contribution in [1.29, 1.82) is 0 Å². The molecule has 0 radical (unpaired) electrons. The lowest BCUT2D eigenvalue weighted by Crippen LogP contribution is -2.28. The SMILES string of the molecule is C#CCOC(=O)NCc1ccc(F)c2cc(NC(=O)NCC)ncc12. The van der Waals surface area contributed by atoms with Crippen LogP contribution in [0.3, 0.4) is 0 Å². The Morgan fingerprint density at radius 3 is 2.84 bits per heavy atom. The van der Waals surface area contributed by atoms with Gasteiger partial charge >= 0.3 is 12.1 Å². The zero-order chi connectivity index (χ0) is 18.2. The lowest BCUT2D eigenvalue weighted by Gasteiger charge is -2.11. The number of hydrogen-bond donors (Lipinski definition) is 3. The number of hydrogen-bond acceptors (Lipinski definition) is 4. The number of urea groups is 1. The second-order valence-corrected chi connectivity index (χ2v) is 4.94. The molecule has 0 saturated carbocycles. The van der Waals surface area contributed by atoms with Crippen LogP contribution in [-0.2, 0) is 11.3 Å². The lowest BCUT2D eigenvalue weighted by molar-refractivity contribution is 0.159. The molecule has 0 saturated heterocycles. The molecule has 1 aromatic heterocycles. The van der Waals surface area contributed by atoms with Crippen molar-refractivity contribution in [3.63, 3.8) is 0 Å². The molecule has 0 aliphatic carbocycles. The summed E-state index contributed by atoms with van der Waals surface area (Å²) < 4.78 is 18.8. The predicted octanol–water partition coefficient (Wildman–Crippen LogP) is 2.37. The van der Waals surface area contributed by atoms with Crippen molar-refractivity contribution in [3.8, 4) is 12.3 Å². The highest BCUT2D eigenvalue weighted by Crippen LogP contribution is 2.23. The average molecular weight is 344 g/mol. The molecular weight excluding hydrogens is 327 g/mol. The first-order valence-corrected chi connectivity index (χ1v) is 7.51. The van der Waals surface area contributed by atoms with Gasteiger partial charge in [0.2, 0.25) is 0 Å². The zero-order valence-corrected chi connectivity index (χ0v) is 13.6. The van der Waals surface area contributed by atoms with Crippen LogP contribution in [0.25, 0.3) is 10.8 Å². The standard InChI is InChI=1S/C17H17FN4O3/c1-3-7-25-17(24)21-9-11-5-6-14(18)12-8-15(20-10-13(11)12)22-16(23)19-4-2/h1,5-6,8,10H,4,7,9H2,2H3,(H,21,24)(H2,19,20,22,23). The summed E-state index contributed by atoms with van der Waals surface area (Å²) in [7, 11) is 0. The molecule has 25 heavy (non-hydrogen) atoms. The molecule has 0 unspecified atom stereocenters. The van der Waals surface area contributed by atoms with Gasteiger partial charge in [-0.05, 0) is 24.6 Å². The fraction of sp³-hybridized carbons (Fsp3) is 0.235. The molecule has 7 nitrogen and oxygen atoms in total. The van der Waals surface area contributed by atoms with Crippen LogP contribution in [0.2, 0.25) is 0 Å². The fourth-order valence-electron chi connectivity index (χ4n) is 2.13. The molecule has 2 rings (SSSR count). The summed E-state index contributed by atoms with van der Waals surface area (Å²) in [5, 5.41) is 8.39. The molecule has 0 bridgehead atoms. The summed E-state index contributed by atoms with van der Waals surface area (Å²) in [5.74, 6) is 1.94. The smallest absolute Gasteiger partial charge is 0.408 e. The molecule has 3 amide bonds. The topological polar surface area (TPSA) is 92.4 Å². The summed E-state index contributed by atoms with van der Waals surface area (Å²) in [4.78, 5) is 27.1. The largest absolute Gasteiger partial charge is 0.436 e. The van der Waals surface area contributed by atoms with Gasteiger partial charge in [-0.2, -0.15) is 0 Å². The number of nitrogens with one attached hydrogen (secondary N) is 3. The van der Waals surface area contributed by atoms with Gasteiger partial charge in [-0.15, -0.1) is 6.42 Å². The summed E-state index contributed by atoms with van der Waals surface area (Å²) >= 11 is 0. The number of benzene rings is 1. The number of aromatic nitrogens is 1. The minimum absolute atomic E-state index is 0.116. The molecule has 0 aliphatic heterocycles. The van der Waals surface area contributed by atoms with Crippen LogP contribution in [0.5, 0.6) is 0 Å². The normalized spacial score (nSPS) is 9.96. The molecule has 0 spiro atoms. The van der Waals surface area contributed by atoms with Crippen LogP contribution in [0, 0.1) is 18.2 Å². The van der Waals surface area contributed by atoms with Gasteiger partial charge in [0.25, 0.3) is 0 Å². The van der Waals surface area contributed by atoms with Crippen LogP contribution in [0.1, 0.15) is 12.5 Å². The van der Waals surface area contributed by atoms with Crippen molar-refractivity contribution in [2.75, 3.05) is 18.5 Å². The summed E-state index contributed by atoms with van der Waals surface area (Å²) in [6.45, 7) is 2.22. The van der Waals surface area contributed by atoms with E-state index < -0.39 is 17.9 Å². The third-order valence-electron chi connectivity index (χ3n) is 3.23. The van der Waals surface area contributed by atoms with Crippen molar-refractivity contribution in [2.45, 2.75) is 13.5 Å². The summed E-state index contributed by atoms with van der Waals surface area (Å²) in [5.41, 5.74) is 0.645. The monoisotopic (exact) mass is 344 g/mol. The summed E-state index contributed by atoms with van der Waals surface area (Å²) in [6.07, 6.45) is 5.77.